The maximum absolute atomic E-state index is 11.7. The van der Waals surface area contributed by atoms with Crippen LogP contribution in [0.1, 0.15) is 68.6 Å². The summed E-state index contributed by atoms with van der Waals surface area (Å²) in [6.45, 7) is 7.54. The van der Waals surface area contributed by atoms with E-state index in [4.69, 9.17) is 33.2 Å². The molecule has 0 saturated heterocycles. The van der Waals surface area contributed by atoms with Crippen LogP contribution in [0.5, 0.6) is 0 Å². The number of hydrogen-bond acceptors (Lipinski definition) is 8. The molecule has 0 aliphatic carbocycles. The van der Waals surface area contributed by atoms with Crippen LogP contribution in [0.4, 0.5) is 0 Å². The third kappa shape index (κ3) is 15.4. The Balaban J connectivity index is 1.16. The average Bonchev–Trinajstić information content (AvgIpc) is 3.13. The van der Waals surface area contributed by atoms with Crippen LogP contribution in [0.2, 0.25) is 0 Å². The zero-order chi connectivity index (χ0) is 33.8. The van der Waals surface area contributed by atoms with Crippen molar-refractivity contribution in [1.82, 2.24) is 0 Å². The first-order valence-electron chi connectivity index (χ1n) is 17.6. The molecule has 0 saturated carbocycles. The molecule has 0 aliphatic heterocycles. The minimum atomic E-state index is -0.749. The summed E-state index contributed by atoms with van der Waals surface area (Å²) in [5.41, 5.74) is 2.45. The van der Waals surface area contributed by atoms with E-state index in [1.54, 1.807) is 0 Å². The molecule has 3 rings (SSSR count). The molecule has 0 heterocycles. The van der Waals surface area contributed by atoms with Gasteiger partial charge in [0.05, 0.1) is 72.7 Å². The van der Waals surface area contributed by atoms with E-state index >= 15 is 0 Å². The Morgan fingerprint density at radius 2 is 0.812 bits per heavy atom. The van der Waals surface area contributed by atoms with Crippen LogP contribution in [-0.4, -0.2) is 85.3 Å². The molecule has 264 valence electrons. The summed E-state index contributed by atoms with van der Waals surface area (Å²) in [7, 11) is 0. The van der Waals surface area contributed by atoms with E-state index in [1.165, 1.54) is 25.7 Å². The fraction of sp³-hybridized carbons (Fsp3) is 0.525. The largest absolute Gasteiger partial charge is 0.463 e. The van der Waals surface area contributed by atoms with Crippen LogP contribution in [0.3, 0.4) is 0 Å². The second-order valence-corrected chi connectivity index (χ2v) is 11.4. The highest BCUT2D eigenvalue weighted by Gasteiger charge is 2.37. The standard InChI is InChI=1S/C40H56O8/c1-2-3-4-5-6-16-23-39(41)47-34-32-45-30-28-43-26-24-42-25-27-44-29-31-46-33-35-48-40(36-17-10-7-11-18-36,37-19-12-8-13-20-37)38-21-14-9-15-22-38/h7-15,17-22H,2-6,16,23-35H2,1H3. The zero-order valence-corrected chi connectivity index (χ0v) is 28.9. The number of benzene rings is 3. The predicted molar refractivity (Wildman–Crippen MR) is 188 cm³/mol. The molecule has 3 aromatic carbocycles. The van der Waals surface area contributed by atoms with Crippen molar-refractivity contribution in [3.05, 3.63) is 108 Å². The monoisotopic (exact) mass is 664 g/mol. The van der Waals surface area contributed by atoms with Crippen molar-refractivity contribution in [3.8, 4) is 0 Å². The SMILES string of the molecule is CCCCCCCCC(=O)OCCOCCOCCOCCOCCOCCOC(c1ccccc1)(c1ccccc1)c1ccccc1. The van der Waals surface area contributed by atoms with Crippen molar-refractivity contribution in [1.29, 1.82) is 0 Å². The van der Waals surface area contributed by atoms with Crippen LogP contribution in [-0.2, 0) is 43.6 Å². The summed E-state index contributed by atoms with van der Waals surface area (Å²) in [6, 6.07) is 31.0. The van der Waals surface area contributed by atoms with Gasteiger partial charge in [-0.15, -0.1) is 0 Å². The number of ether oxygens (including phenoxy) is 7. The summed E-state index contributed by atoms with van der Waals surface area (Å²) in [5.74, 6) is -0.141. The summed E-state index contributed by atoms with van der Waals surface area (Å²) >= 11 is 0. The number of carbonyl (C=O) groups excluding carboxylic acids is 1. The van der Waals surface area contributed by atoms with Gasteiger partial charge in [-0.2, -0.15) is 0 Å². The Labute approximate surface area is 288 Å². The minimum Gasteiger partial charge on any atom is -0.463 e. The second-order valence-electron chi connectivity index (χ2n) is 11.4. The number of esters is 1. The lowest BCUT2D eigenvalue weighted by atomic mass is 9.80. The first-order valence-corrected chi connectivity index (χ1v) is 17.6. The lowest BCUT2D eigenvalue weighted by Gasteiger charge is -2.36. The van der Waals surface area contributed by atoms with Crippen LogP contribution in [0.25, 0.3) is 0 Å². The Morgan fingerprint density at radius 3 is 1.23 bits per heavy atom. The average molecular weight is 665 g/mol. The van der Waals surface area contributed by atoms with Crippen molar-refractivity contribution in [2.75, 3.05) is 79.3 Å². The summed E-state index contributed by atoms with van der Waals surface area (Å²) in [5, 5.41) is 0. The van der Waals surface area contributed by atoms with Gasteiger partial charge in [0.15, 0.2) is 0 Å². The van der Waals surface area contributed by atoms with E-state index in [9.17, 15) is 4.79 Å². The van der Waals surface area contributed by atoms with Gasteiger partial charge < -0.3 is 33.2 Å². The molecule has 0 bridgehead atoms. The first-order chi connectivity index (χ1) is 23.8. The Bertz CT molecular complexity index is 1080. The van der Waals surface area contributed by atoms with Gasteiger partial charge in [0.1, 0.15) is 12.2 Å². The van der Waals surface area contributed by atoms with E-state index < -0.39 is 5.60 Å². The molecule has 0 radical (unpaired) electrons. The molecule has 8 heteroatoms. The Kier molecular flexibility index (Phi) is 21.2. The van der Waals surface area contributed by atoms with Gasteiger partial charge in [-0.05, 0) is 23.1 Å². The number of hydrogen-bond donors (Lipinski definition) is 0. The van der Waals surface area contributed by atoms with E-state index in [-0.39, 0.29) is 12.6 Å². The predicted octanol–water partition coefficient (Wildman–Crippen LogP) is 7.37. The number of carbonyl (C=O) groups is 1. The van der Waals surface area contributed by atoms with E-state index in [1.807, 2.05) is 54.6 Å². The molecule has 0 amide bonds. The molecular formula is C40H56O8. The van der Waals surface area contributed by atoms with Gasteiger partial charge in [0, 0.05) is 6.42 Å². The van der Waals surface area contributed by atoms with Crippen molar-refractivity contribution >= 4 is 5.97 Å². The number of unbranched alkanes of at least 4 members (excludes halogenated alkanes) is 5. The minimum absolute atomic E-state index is 0.141. The maximum Gasteiger partial charge on any atom is 0.305 e. The molecular weight excluding hydrogens is 608 g/mol. The van der Waals surface area contributed by atoms with Gasteiger partial charge in [-0.1, -0.05) is 130 Å². The summed E-state index contributed by atoms with van der Waals surface area (Å²) in [4.78, 5) is 11.7. The third-order valence-electron chi connectivity index (χ3n) is 7.80. The number of rotatable bonds is 29. The molecule has 0 unspecified atom stereocenters. The van der Waals surface area contributed by atoms with Gasteiger partial charge in [0.25, 0.3) is 0 Å². The summed E-state index contributed by atoms with van der Waals surface area (Å²) < 4.78 is 39.9. The van der Waals surface area contributed by atoms with Crippen LogP contribution in [0.15, 0.2) is 91.0 Å². The van der Waals surface area contributed by atoms with Gasteiger partial charge in [-0.25, -0.2) is 0 Å². The second kappa shape index (κ2) is 25.8. The highest BCUT2D eigenvalue weighted by molar-refractivity contribution is 5.69. The van der Waals surface area contributed by atoms with Gasteiger partial charge >= 0.3 is 5.97 Å². The lowest BCUT2D eigenvalue weighted by molar-refractivity contribution is -0.145. The van der Waals surface area contributed by atoms with Crippen molar-refractivity contribution in [3.63, 3.8) is 0 Å². The van der Waals surface area contributed by atoms with E-state index in [0.29, 0.717) is 79.1 Å². The van der Waals surface area contributed by atoms with Crippen LogP contribution in [0, 0.1) is 0 Å². The van der Waals surface area contributed by atoms with Crippen LogP contribution < -0.4 is 0 Å². The molecule has 8 nitrogen and oxygen atoms in total. The third-order valence-corrected chi connectivity index (χ3v) is 7.80. The zero-order valence-electron chi connectivity index (χ0n) is 28.9. The van der Waals surface area contributed by atoms with E-state index in [0.717, 1.165) is 29.5 Å². The molecule has 0 spiro atoms. The Hall–Kier alpha value is -3.11. The molecule has 0 aliphatic rings. The molecule has 0 atom stereocenters. The quantitative estimate of drug-likeness (QED) is 0.0432. The maximum atomic E-state index is 11.7. The molecule has 0 fully saturated rings. The van der Waals surface area contributed by atoms with Gasteiger partial charge in [0.2, 0.25) is 0 Å². The fourth-order valence-electron chi connectivity index (χ4n) is 5.34. The highest BCUT2D eigenvalue weighted by Crippen LogP contribution is 2.40. The van der Waals surface area contributed by atoms with Crippen molar-refractivity contribution in [2.24, 2.45) is 0 Å². The van der Waals surface area contributed by atoms with Crippen molar-refractivity contribution < 1.29 is 38.0 Å². The molecule has 0 aromatic heterocycles. The smallest absolute Gasteiger partial charge is 0.305 e. The lowest BCUT2D eigenvalue weighted by Crippen LogP contribution is -2.34. The molecule has 3 aromatic rings. The molecule has 48 heavy (non-hydrogen) atoms. The highest BCUT2D eigenvalue weighted by atomic mass is 16.6. The fourth-order valence-corrected chi connectivity index (χ4v) is 5.34. The normalized spacial score (nSPS) is 11.5. The van der Waals surface area contributed by atoms with Gasteiger partial charge in [-0.3, -0.25) is 4.79 Å². The van der Waals surface area contributed by atoms with Crippen molar-refractivity contribution in [2.45, 2.75) is 57.5 Å². The first kappa shape index (κ1) is 39.3. The topological polar surface area (TPSA) is 81.7 Å². The van der Waals surface area contributed by atoms with E-state index in [2.05, 4.69) is 43.3 Å². The van der Waals surface area contributed by atoms with Crippen LogP contribution >= 0.6 is 0 Å². The molecule has 0 N–H and O–H groups in total. The summed E-state index contributed by atoms with van der Waals surface area (Å²) in [6.07, 6.45) is 7.43. The Morgan fingerprint density at radius 1 is 0.458 bits per heavy atom.